The molecule has 2 fully saturated rings. The molecule has 0 radical (unpaired) electrons. The molecule has 0 N–H and O–H groups in total. The summed E-state index contributed by atoms with van der Waals surface area (Å²) < 4.78 is 13.8. The summed E-state index contributed by atoms with van der Waals surface area (Å²) in [5.41, 5.74) is 3.03. The fraction of sp³-hybridized carbons (Fsp3) is 0.524. The summed E-state index contributed by atoms with van der Waals surface area (Å²) in [4.78, 5) is 14.6. The first kappa shape index (κ1) is 17.0. The van der Waals surface area contributed by atoms with Gasteiger partial charge in [-0.2, -0.15) is 5.10 Å². The van der Waals surface area contributed by atoms with Crippen molar-refractivity contribution in [1.29, 1.82) is 0 Å². The van der Waals surface area contributed by atoms with E-state index >= 15 is 0 Å². The molecule has 6 nitrogen and oxygen atoms in total. The van der Waals surface area contributed by atoms with Crippen LogP contribution in [-0.2, 0) is 26.3 Å². The average molecular weight is 367 g/mol. The largest absolute Gasteiger partial charge is 0.368 e. The van der Waals surface area contributed by atoms with Crippen molar-refractivity contribution in [1.82, 2.24) is 14.7 Å². The lowest BCUT2D eigenvalue weighted by molar-refractivity contribution is -0.149. The van der Waals surface area contributed by atoms with Crippen molar-refractivity contribution >= 4 is 5.91 Å². The van der Waals surface area contributed by atoms with Crippen molar-refractivity contribution in [3.8, 4) is 5.69 Å². The summed E-state index contributed by atoms with van der Waals surface area (Å²) in [6, 6.07) is 10.2. The van der Waals surface area contributed by atoms with E-state index in [1.807, 2.05) is 27.8 Å². The number of piperidine rings is 1. The maximum atomic E-state index is 12.6. The highest BCUT2D eigenvalue weighted by Gasteiger charge is 2.45. The van der Waals surface area contributed by atoms with Gasteiger partial charge < -0.3 is 14.4 Å². The zero-order chi connectivity index (χ0) is 18.3. The molecule has 0 bridgehead atoms. The fourth-order valence-corrected chi connectivity index (χ4v) is 4.56. The van der Waals surface area contributed by atoms with E-state index in [0.717, 1.165) is 43.5 Å². The summed E-state index contributed by atoms with van der Waals surface area (Å²) in [6.07, 6.45) is 6.22. The van der Waals surface area contributed by atoms with Crippen LogP contribution < -0.4 is 0 Å². The van der Waals surface area contributed by atoms with E-state index in [9.17, 15) is 4.79 Å². The Morgan fingerprint density at radius 2 is 1.96 bits per heavy atom. The second kappa shape index (κ2) is 6.77. The molecule has 3 aliphatic rings. The van der Waals surface area contributed by atoms with E-state index in [0.29, 0.717) is 26.3 Å². The SMILES string of the molecule is O=C(C1CCCO1)N1CCC2(CC1)OCCc1cn(-c3ccccc3)nc12. The van der Waals surface area contributed by atoms with Gasteiger partial charge in [0.05, 0.1) is 18.0 Å². The van der Waals surface area contributed by atoms with Gasteiger partial charge >= 0.3 is 0 Å². The van der Waals surface area contributed by atoms with E-state index in [4.69, 9.17) is 14.6 Å². The Morgan fingerprint density at radius 3 is 2.70 bits per heavy atom. The number of benzene rings is 1. The predicted octanol–water partition coefficient (Wildman–Crippen LogP) is 2.44. The number of nitrogens with zero attached hydrogens (tertiary/aromatic N) is 3. The normalized spacial score (nSPS) is 24.1. The molecule has 0 aliphatic carbocycles. The minimum Gasteiger partial charge on any atom is -0.368 e. The number of hydrogen-bond donors (Lipinski definition) is 0. The molecule has 0 saturated carbocycles. The highest BCUT2D eigenvalue weighted by atomic mass is 16.5. The average Bonchev–Trinajstić information content (AvgIpc) is 3.40. The van der Waals surface area contributed by atoms with Crippen LogP contribution in [0.2, 0.25) is 0 Å². The van der Waals surface area contributed by atoms with Crippen LogP contribution in [0.4, 0.5) is 0 Å². The zero-order valence-electron chi connectivity index (χ0n) is 15.5. The van der Waals surface area contributed by atoms with Crippen LogP contribution in [-0.4, -0.2) is 53.0 Å². The smallest absolute Gasteiger partial charge is 0.251 e. The van der Waals surface area contributed by atoms with Crippen LogP contribution in [0.25, 0.3) is 5.69 Å². The Hall–Kier alpha value is -2.18. The van der Waals surface area contributed by atoms with Crippen molar-refractivity contribution in [3.63, 3.8) is 0 Å². The number of carbonyl (C=O) groups excluding carboxylic acids is 1. The molecule has 1 amide bonds. The van der Waals surface area contributed by atoms with Crippen LogP contribution in [0, 0.1) is 0 Å². The molecule has 6 heteroatoms. The Morgan fingerprint density at radius 1 is 1.15 bits per heavy atom. The molecular weight excluding hydrogens is 342 g/mol. The molecule has 5 rings (SSSR count). The maximum Gasteiger partial charge on any atom is 0.251 e. The monoisotopic (exact) mass is 367 g/mol. The van der Waals surface area contributed by atoms with E-state index in [1.54, 1.807) is 0 Å². The number of para-hydroxylation sites is 1. The highest BCUT2D eigenvalue weighted by Crippen LogP contribution is 2.41. The van der Waals surface area contributed by atoms with E-state index < -0.39 is 0 Å². The van der Waals surface area contributed by atoms with Gasteiger partial charge in [-0.05, 0) is 49.8 Å². The summed E-state index contributed by atoms with van der Waals surface area (Å²) in [7, 11) is 0. The molecule has 1 spiro atoms. The van der Waals surface area contributed by atoms with Crippen LogP contribution in [0.15, 0.2) is 36.5 Å². The quantitative estimate of drug-likeness (QED) is 0.818. The summed E-state index contributed by atoms with van der Waals surface area (Å²) in [5.74, 6) is 0.146. The number of aromatic nitrogens is 2. The molecular formula is C21H25N3O3. The van der Waals surface area contributed by atoms with Gasteiger partial charge in [-0.25, -0.2) is 4.68 Å². The molecule has 2 aromatic rings. The van der Waals surface area contributed by atoms with Gasteiger partial charge in [0.1, 0.15) is 11.7 Å². The highest BCUT2D eigenvalue weighted by molar-refractivity contribution is 5.81. The molecule has 4 heterocycles. The molecule has 1 aromatic carbocycles. The van der Waals surface area contributed by atoms with E-state index in [2.05, 4.69) is 18.3 Å². The van der Waals surface area contributed by atoms with Gasteiger partial charge in [0.25, 0.3) is 5.91 Å². The van der Waals surface area contributed by atoms with Crippen molar-refractivity contribution in [2.75, 3.05) is 26.3 Å². The number of ether oxygens (including phenoxy) is 2. The van der Waals surface area contributed by atoms with Crippen molar-refractivity contribution < 1.29 is 14.3 Å². The minimum absolute atomic E-state index is 0.146. The first-order valence-corrected chi connectivity index (χ1v) is 9.94. The standard InChI is InChI=1S/C21H25N3O3/c25-20(18-7-4-13-26-18)23-11-9-21(10-12-23)19-16(8-14-27-21)15-24(22-19)17-5-2-1-3-6-17/h1-3,5-6,15,18H,4,7-14H2. The van der Waals surface area contributed by atoms with Gasteiger partial charge in [0.2, 0.25) is 0 Å². The van der Waals surface area contributed by atoms with E-state index in [-0.39, 0.29) is 17.6 Å². The second-order valence-corrected chi connectivity index (χ2v) is 7.70. The molecule has 27 heavy (non-hydrogen) atoms. The molecule has 2 saturated heterocycles. The van der Waals surface area contributed by atoms with Crippen LogP contribution in [0.3, 0.4) is 0 Å². The van der Waals surface area contributed by atoms with Crippen molar-refractivity contribution in [2.24, 2.45) is 0 Å². The van der Waals surface area contributed by atoms with Crippen molar-refractivity contribution in [3.05, 3.63) is 47.8 Å². The Bertz CT molecular complexity index is 818. The van der Waals surface area contributed by atoms with Gasteiger partial charge in [-0.3, -0.25) is 4.79 Å². The van der Waals surface area contributed by atoms with Crippen LogP contribution in [0.5, 0.6) is 0 Å². The maximum absolute atomic E-state index is 12.6. The number of rotatable bonds is 2. The Balaban J connectivity index is 1.36. The molecule has 1 aromatic heterocycles. The second-order valence-electron chi connectivity index (χ2n) is 7.70. The minimum atomic E-state index is -0.360. The van der Waals surface area contributed by atoms with Crippen molar-refractivity contribution in [2.45, 2.75) is 43.8 Å². The van der Waals surface area contributed by atoms with Crippen LogP contribution in [0.1, 0.15) is 36.9 Å². The Labute approximate surface area is 159 Å². The zero-order valence-corrected chi connectivity index (χ0v) is 15.5. The third-order valence-corrected chi connectivity index (χ3v) is 6.08. The summed E-state index contributed by atoms with van der Waals surface area (Å²) in [5, 5.41) is 4.91. The molecule has 1 atom stereocenters. The van der Waals surface area contributed by atoms with Gasteiger partial charge in [-0.1, -0.05) is 18.2 Å². The summed E-state index contributed by atoms with van der Waals surface area (Å²) >= 11 is 0. The molecule has 3 aliphatic heterocycles. The third kappa shape index (κ3) is 2.97. The van der Waals surface area contributed by atoms with Gasteiger partial charge in [0, 0.05) is 25.9 Å². The number of likely N-dealkylation sites (tertiary alicyclic amines) is 1. The third-order valence-electron chi connectivity index (χ3n) is 6.08. The predicted molar refractivity (Wildman–Crippen MR) is 99.7 cm³/mol. The van der Waals surface area contributed by atoms with Crippen LogP contribution >= 0.6 is 0 Å². The van der Waals surface area contributed by atoms with E-state index in [1.165, 1.54) is 5.56 Å². The summed E-state index contributed by atoms with van der Waals surface area (Å²) in [6.45, 7) is 2.83. The van der Waals surface area contributed by atoms with Gasteiger partial charge in [0.15, 0.2) is 0 Å². The number of carbonyl (C=O) groups is 1. The first-order chi connectivity index (χ1) is 13.3. The topological polar surface area (TPSA) is 56.6 Å². The number of hydrogen-bond acceptors (Lipinski definition) is 4. The Kier molecular flexibility index (Phi) is 4.25. The number of amides is 1. The molecule has 142 valence electrons. The van der Waals surface area contributed by atoms with Gasteiger partial charge in [-0.15, -0.1) is 0 Å². The molecule has 1 unspecified atom stereocenters. The number of fused-ring (bicyclic) bond motifs is 2. The first-order valence-electron chi connectivity index (χ1n) is 9.94. The lowest BCUT2D eigenvalue weighted by Crippen LogP contribution is -2.50. The lowest BCUT2D eigenvalue weighted by Gasteiger charge is -2.43. The lowest BCUT2D eigenvalue weighted by atomic mass is 9.83. The fourth-order valence-electron chi connectivity index (χ4n) is 4.56.